The van der Waals surface area contributed by atoms with Gasteiger partial charge in [-0.05, 0) is 37.5 Å². The summed E-state index contributed by atoms with van der Waals surface area (Å²) in [4.78, 5) is 2.60. The molecule has 0 radical (unpaired) electrons. The second-order valence-electron chi connectivity index (χ2n) is 5.57. The minimum absolute atomic E-state index is 0.579. The molecule has 1 heterocycles. The number of piperazine rings is 1. The lowest BCUT2D eigenvalue weighted by Crippen LogP contribution is -2.54. The predicted molar refractivity (Wildman–Crippen MR) is 81.1 cm³/mol. The summed E-state index contributed by atoms with van der Waals surface area (Å²) in [6.07, 6.45) is 0. The van der Waals surface area contributed by atoms with Crippen molar-refractivity contribution in [3.8, 4) is 0 Å². The van der Waals surface area contributed by atoms with Gasteiger partial charge in [0.2, 0.25) is 0 Å². The number of nitrogens with one attached hydrogen (secondary N) is 1. The molecular weight excluding hydrogens is 288 g/mol. The van der Waals surface area contributed by atoms with Crippen molar-refractivity contribution in [2.45, 2.75) is 38.8 Å². The van der Waals surface area contributed by atoms with Crippen molar-refractivity contribution in [2.75, 3.05) is 19.6 Å². The Morgan fingerprint density at radius 1 is 1.44 bits per heavy atom. The van der Waals surface area contributed by atoms with Crippen molar-refractivity contribution in [3.05, 3.63) is 34.3 Å². The molecule has 1 aromatic carbocycles. The molecule has 3 atom stereocenters. The van der Waals surface area contributed by atoms with Crippen LogP contribution in [-0.2, 0) is 0 Å². The minimum Gasteiger partial charge on any atom is -0.311 e. The summed E-state index contributed by atoms with van der Waals surface area (Å²) in [5.74, 6) is 0.579. The minimum atomic E-state index is 0.579. The summed E-state index contributed by atoms with van der Waals surface area (Å²) in [5, 5.41) is 3.53. The third-order valence-corrected chi connectivity index (χ3v) is 4.31. The van der Waals surface area contributed by atoms with E-state index in [1.165, 1.54) is 10.0 Å². The van der Waals surface area contributed by atoms with Crippen molar-refractivity contribution in [3.63, 3.8) is 0 Å². The molecule has 1 aliphatic heterocycles. The average Bonchev–Trinajstić information content (AvgIpc) is 2.34. The van der Waals surface area contributed by atoms with Gasteiger partial charge in [0.05, 0.1) is 0 Å². The highest BCUT2D eigenvalue weighted by atomic mass is 79.9. The fourth-order valence-corrected chi connectivity index (χ4v) is 3.04. The van der Waals surface area contributed by atoms with Crippen molar-refractivity contribution in [1.82, 2.24) is 10.2 Å². The van der Waals surface area contributed by atoms with E-state index >= 15 is 0 Å². The van der Waals surface area contributed by atoms with Crippen molar-refractivity contribution < 1.29 is 0 Å². The van der Waals surface area contributed by atoms with Gasteiger partial charge in [-0.2, -0.15) is 0 Å². The molecule has 0 aliphatic carbocycles. The molecule has 0 saturated carbocycles. The van der Waals surface area contributed by atoms with Gasteiger partial charge >= 0.3 is 0 Å². The first-order chi connectivity index (χ1) is 8.56. The average molecular weight is 311 g/mol. The van der Waals surface area contributed by atoms with Crippen LogP contribution in [0.2, 0.25) is 0 Å². The maximum Gasteiger partial charge on any atom is 0.0193 e. The molecule has 1 saturated heterocycles. The highest BCUT2D eigenvalue weighted by molar-refractivity contribution is 9.10. The number of hydrogen-bond donors (Lipinski definition) is 1. The van der Waals surface area contributed by atoms with Gasteiger partial charge in [-0.3, -0.25) is 4.90 Å². The van der Waals surface area contributed by atoms with Gasteiger partial charge < -0.3 is 5.32 Å². The normalized spacial score (nSPS) is 27.1. The van der Waals surface area contributed by atoms with E-state index in [1.807, 2.05) is 0 Å². The summed E-state index contributed by atoms with van der Waals surface area (Å²) >= 11 is 3.55. The molecule has 1 N–H and O–H groups in total. The summed E-state index contributed by atoms with van der Waals surface area (Å²) in [7, 11) is 0. The Bertz CT molecular complexity index is 394. The van der Waals surface area contributed by atoms with Crippen LogP contribution in [0.15, 0.2) is 28.7 Å². The zero-order valence-corrected chi connectivity index (χ0v) is 13.1. The zero-order chi connectivity index (χ0) is 13.1. The van der Waals surface area contributed by atoms with E-state index in [1.54, 1.807) is 0 Å². The van der Waals surface area contributed by atoms with Gasteiger partial charge in [-0.1, -0.05) is 35.0 Å². The molecule has 0 amide bonds. The van der Waals surface area contributed by atoms with Crippen LogP contribution in [0.3, 0.4) is 0 Å². The fourth-order valence-electron chi connectivity index (χ4n) is 2.62. The van der Waals surface area contributed by atoms with Gasteiger partial charge in [0, 0.05) is 36.2 Å². The molecule has 3 unspecified atom stereocenters. The first-order valence-electron chi connectivity index (χ1n) is 6.79. The van der Waals surface area contributed by atoms with Crippen LogP contribution < -0.4 is 5.32 Å². The van der Waals surface area contributed by atoms with E-state index in [4.69, 9.17) is 0 Å². The van der Waals surface area contributed by atoms with Crippen LogP contribution in [0.1, 0.15) is 32.3 Å². The van der Waals surface area contributed by atoms with Crippen LogP contribution in [0.5, 0.6) is 0 Å². The number of nitrogens with zero attached hydrogens (tertiary/aromatic N) is 1. The van der Waals surface area contributed by atoms with Gasteiger partial charge in [0.1, 0.15) is 0 Å². The Hall–Kier alpha value is -0.380. The van der Waals surface area contributed by atoms with Crippen LogP contribution in [0.25, 0.3) is 0 Å². The lowest BCUT2D eigenvalue weighted by Gasteiger charge is -2.39. The zero-order valence-electron chi connectivity index (χ0n) is 11.5. The second kappa shape index (κ2) is 6.18. The van der Waals surface area contributed by atoms with Crippen molar-refractivity contribution in [1.29, 1.82) is 0 Å². The summed E-state index contributed by atoms with van der Waals surface area (Å²) in [5.41, 5.74) is 1.42. The topological polar surface area (TPSA) is 15.3 Å². The third kappa shape index (κ3) is 3.56. The lowest BCUT2D eigenvalue weighted by molar-refractivity contribution is 0.140. The lowest BCUT2D eigenvalue weighted by atomic mass is 9.99. The number of benzene rings is 1. The van der Waals surface area contributed by atoms with E-state index in [9.17, 15) is 0 Å². The van der Waals surface area contributed by atoms with E-state index in [-0.39, 0.29) is 0 Å². The van der Waals surface area contributed by atoms with E-state index in [0.717, 1.165) is 19.6 Å². The van der Waals surface area contributed by atoms with E-state index in [2.05, 4.69) is 71.2 Å². The van der Waals surface area contributed by atoms with Crippen molar-refractivity contribution in [2.24, 2.45) is 0 Å². The van der Waals surface area contributed by atoms with Crippen LogP contribution in [-0.4, -0.2) is 36.6 Å². The van der Waals surface area contributed by atoms with Crippen LogP contribution in [0.4, 0.5) is 0 Å². The molecule has 1 aromatic rings. The largest absolute Gasteiger partial charge is 0.311 e. The molecule has 1 fully saturated rings. The van der Waals surface area contributed by atoms with Crippen LogP contribution >= 0.6 is 15.9 Å². The Kier molecular flexibility index (Phi) is 4.82. The Labute approximate surface area is 119 Å². The summed E-state index contributed by atoms with van der Waals surface area (Å²) in [6.45, 7) is 10.3. The van der Waals surface area contributed by atoms with Gasteiger partial charge in [0.15, 0.2) is 0 Å². The first kappa shape index (κ1) is 14.0. The Morgan fingerprint density at radius 3 is 2.94 bits per heavy atom. The second-order valence-corrected chi connectivity index (χ2v) is 6.48. The standard InChI is InChI=1S/C15H23BrN2/c1-11(14-5-4-6-15(16)7-14)9-18-10-12(2)17-8-13(18)3/h4-7,11-13,17H,8-10H2,1-3H3. The highest BCUT2D eigenvalue weighted by Gasteiger charge is 2.23. The summed E-state index contributed by atoms with van der Waals surface area (Å²) < 4.78 is 1.17. The smallest absolute Gasteiger partial charge is 0.0193 e. The van der Waals surface area contributed by atoms with Crippen molar-refractivity contribution >= 4 is 15.9 Å². The summed E-state index contributed by atoms with van der Waals surface area (Å²) in [6, 6.07) is 9.92. The van der Waals surface area contributed by atoms with Gasteiger partial charge in [0.25, 0.3) is 0 Å². The van der Waals surface area contributed by atoms with Crippen LogP contribution in [0, 0.1) is 0 Å². The van der Waals surface area contributed by atoms with Gasteiger partial charge in [-0.15, -0.1) is 0 Å². The maximum absolute atomic E-state index is 3.55. The highest BCUT2D eigenvalue weighted by Crippen LogP contribution is 2.22. The Morgan fingerprint density at radius 2 is 2.22 bits per heavy atom. The molecule has 18 heavy (non-hydrogen) atoms. The maximum atomic E-state index is 3.55. The number of halogens is 1. The van der Waals surface area contributed by atoms with E-state index in [0.29, 0.717) is 18.0 Å². The predicted octanol–water partition coefficient (Wildman–Crippen LogP) is 3.23. The molecule has 0 bridgehead atoms. The third-order valence-electron chi connectivity index (χ3n) is 3.82. The molecule has 2 nitrogen and oxygen atoms in total. The molecule has 100 valence electrons. The SMILES string of the molecule is CC1CN(CC(C)c2cccc(Br)c2)C(C)CN1. The molecule has 0 spiro atoms. The molecule has 2 rings (SSSR count). The quantitative estimate of drug-likeness (QED) is 0.922. The molecule has 1 aliphatic rings. The number of hydrogen-bond acceptors (Lipinski definition) is 2. The van der Waals surface area contributed by atoms with Gasteiger partial charge in [-0.25, -0.2) is 0 Å². The first-order valence-corrected chi connectivity index (χ1v) is 7.58. The monoisotopic (exact) mass is 310 g/mol. The molecular formula is C15H23BrN2. The number of rotatable bonds is 3. The van der Waals surface area contributed by atoms with E-state index < -0.39 is 0 Å². The molecule has 0 aromatic heterocycles. The Balaban J connectivity index is 2.00. The molecule has 3 heteroatoms. The fraction of sp³-hybridized carbons (Fsp3) is 0.600.